The monoisotopic (exact) mass is 438 g/mol. The van der Waals surface area contributed by atoms with Crippen LogP contribution in [0.15, 0.2) is 33.6 Å². The third-order valence-corrected chi connectivity index (χ3v) is 7.76. The minimum Gasteiger partial charge on any atom is -0.316 e. The first-order chi connectivity index (χ1) is 12.4. The Morgan fingerprint density at radius 3 is 2.04 bits per heavy atom. The van der Waals surface area contributed by atoms with Gasteiger partial charge >= 0.3 is 0 Å². The molecule has 5 rings (SSSR count). The van der Waals surface area contributed by atoms with Crippen molar-refractivity contribution in [1.29, 1.82) is 0 Å². The van der Waals surface area contributed by atoms with E-state index in [9.17, 15) is 4.79 Å². The molecule has 0 aliphatic heterocycles. The van der Waals surface area contributed by atoms with E-state index >= 15 is 0 Å². The van der Waals surface area contributed by atoms with Crippen LogP contribution in [-0.4, -0.2) is 24.9 Å². The van der Waals surface area contributed by atoms with Crippen molar-refractivity contribution in [1.82, 2.24) is 10.0 Å². The molecule has 0 atom stereocenters. The van der Waals surface area contributed by atoms with Crippen molar-refractivity contribution in [3.63, 3.8) is 0 Å². The van der Waals surface area contributed by atoms with Gasteiger partial charge in [0.05, 0.1) is 5.54 Å². The summed E-state index contributed by atoms with van der Waals surface area (Å²) in [6.45, 7) is 3.68. The number of rotatable bonds is 5. The molecule has 0 saturated heterocycles. The van der Waals surface area contributed by atoms with Crippen molar-refractivity contribution in [2.24, 2.45) is 23.7 Å². The maximum absolute atomic E-state index is 10.6. The third kappa shape index (κ3) is 5.12. The predicted octanol–water partition coefficient (Wildman–Crippen LogP) is 5.05. The maximum atomic E-state index is 10.6. The predicted molar refractivity (Wildman–Crippen MR) is 113 cm³/mol. The van der Waals surface area contributed by atoms with Crippen molar-refractivity contribution < 1.29 is 4.79 Å². The fourth-order valence-electron chi connectivity index (χ4n) is 5.11. The number of hydrogen-bond acceptors (Lipinski definition) is 4. The van der Waals surface area contributed by atoms with Gasteiger partial charge in [0.2, 0.25) is 0 Å². The van der Waals surface area contributed by atoms with Gasteiger partial charge in [-0.3, -0.25) is 0 Å². The molecule has 2 N–H and O–H groups in total. The van der Waals surface area contributed by atoms with E-state index in [1.165, 1.54) is 11.9 Å². The Labute approximate surface area is 170 Å². The lowest BCUT2D eigenvalue weighted by atomic mass is 9.54. The van der Waals surface area contributed by atoms with Crippen LogP contribution in [0.25, 0.3) is 0 Å². The topological polar surface area (TPSA) is 41.1 Å². The van der Waals surface area contributed by atoms with E-state index in [2.05, 4.69) is 33.0 Å². The van der Waals surface area contributed by atoms with Gasteiger partial charge in [-0.15, -0.1) is 0 Å². The molecular weight excluding hydrogens is 408 g/mol. The van der Waals surface area contributed by atoms with Gasteiger partial charge in [-0.1, -0.05) is 15.9 Å². The second kappa shape index (κ2) is 8.76. The number of halogens is 1. The summed E-state index contributed by atoms with van der Waals surface area (Å²) in [7, 11) is 2.16. The smallest absolute Gasteiger partial charge is 0.140 e. The summed E-state index contributed by atoms with van der Waals surface area (Å²) in [6.07, 6.45) is 8.64. The Morgan fingerprint density at radius 1 is 1.04 bits per heavy atom. The first-order valence-electron chi connectivity index (χ1n) is 9.73. The summed E-state index contributed by atoms with van der Waals surface area (Å²) in [4.78, 5) is 11.7. The van der Waals surface area contributed by atoms with Crippen molar-refractivity contribution >= 4 is 34.2 Å². The Morgan fingerprint density at radius 2 is 1.58 bits per heavy atom. The average molecular weight is 439 g/mol. The first kappa shape index (κ1) is 20.4. The Bertz CT molecular complexity index is 577. The standard InChI is InChI=1S/C11H19N.C10H12BrNOS/c1-12-11-9-3-7-2-8(5-9)6-10(11)4-7;1-10(2,7-13)12-14-9-5-3-8(11)4-6-9/h7-12H,2-6H2,1H3;3-7,12H,1-2H3. The van der Waals surface area contributed by atoms with Crippen LogP contribution in [0.3, 0.4) is 0 Å². The molecule has 0 aromatic heterocycles. The Kier molecular flexibility index (Phi) is 6.87. The van der Waals surface area contributed by atoms with Crippen molar-refractivity contribution in [3.8, 4) is 0 Å². The van der Waals surface area contributed by atoms with E-state index in [0.717, 1.165) is 45.4 Å². The fourth-order valence-corrected chi connectivity index (χ4v) is 6.08. The molecule has 144 valence electrons. The lowest BCUT2D eigenvalue weighted by molar-refractivity contribution is -0.111. The summed E-state index contributed by atoms with van der Waals surface area (Å²) >= 11 is 4.82. The second-order valence-corrected chi connectivity index (χ2v) is 10.5. The van der Waals surface area contributed by atoms with Crippen LogP contribution >= 0.6 is 27.9 Å². The van der Waals surface area contributed by atoms with E-state index in [1.807, 2.05) is 38.1 Å². The van der Waals surface area contributed by atoms with E-state index in [4.69, 9.17) is 0 Å². The van der Waals surface area contributed by atoms with Gasteiger partial charge in [0, 0.05) is 15.4 Å². The fraction of sp³-hybridized carbons (Fsp3) is 0.667. The highest BCUT2D eigenvalue weighted by Gasteiger charge is 2.47. The highest BCUT2D eigenvalue weighted by molar-refractivity contribution is 9.10. The largest absolute Gasteiger partial charge is 0.316 e. The van der Waals surface area contributed by atoms with Crippen molar-refractivity contribution in [2.45, 2.75) is 62.4 Å². The molecule has 1 aromatic rings. The summed E-state index contributed by atoms with van der Waals surface area (Å²) < 4.78 is 4.13. The maximum Gasteiger partial charge on any atom is 0.140 e. The molecule has 0 amide bonds. The Balaban J connectivity index is 0.000000152. The van der Waals surface area contributed by atoms with Gasteiger partial charge in [0.1, 0.15) is 6.29 Å². The molecule has 0 heterocycles. The molecule has 1 aromatic carbocycles. The average Bonchev–Trinajstić information content (AvgIpc) is 2.61. The van der Waals surface area contributed by atoms with Gasteiger partial charge in [-0.05, 0) is 113 Å². The van der Waals surface area contributed by atoms with Crippen LogP contribution in [0, 0.1) is 23.7 Å². The van der Waals surface area contributed by atoms with E-state index in [0.29, 0.717) is 0 Å². The number of nitrogens with one attached hydrogen (secondary N) is 2. The zero-order valence-electron chi connectivity index (χ0n) is 16.0. The molecule has 4 aliphatic carbocycles. The molecule has 3 nitrogen and oxygen atoms in total. The first-order valence-corrected chi connectivity index (χ1v) is 11.3. The van der Waals surface area contributed by atoms with Gasteiger partial charge < -0.3 is 10.1 Å². The minimum absolute atomic E-state index is 0.488. The van der Waals surface area contributed by atoms with Gasteiger partial charge in [0.15, 0.2) is 0 Å². The second-order valence-electron chi connectivity index (χ2n) is 8.74. The number of carbonyl (C=O) groups is 1. The normalized spacial score (nSPS) is 32.1. The summed E-state index contributed by atoms with van der Waals surface area (Å²) in [5.74, 6) is 4.34. The zero-order valence-corrected chi connectivity index (χ0v) is 18.4. The number of benzene rings is 1. The van der Waals surface area contributed by atoms with Gasteiger partial charge in [-0.25, -0.2) is 4.72 Å². The zero-order chi connectivity index (χ0) is 18.7. The molecule has 5 heteroatoms. The molecule has 0 unspecified atom stereocenters. The summed E-state index contributed by atoms with van der Waals surface area (Å²) in [5.41, 5.74) is -0.488. The highest BCUT2D eigenvalue weighted by Crippen LogP contribution is 2.53. The van der Waals surface area contributed by atoms with Crippen molar-refractivity contribution in [3.05, 3.63) is 28.7 Å². The molecule has 4 fully saturated rings. The molecule has 4 saturated carbocycles. The highest BCUT2D eigenvalue weighted by atomic mass is 79.9. The third-order valence-electron chi connectivity index (χ3n) is 6.10. The summed E-state index contributed by atoms with van der Waals surface area (Å²) in [5, 5.41) is 3.55. The van der Waals surface area contributed by atoms with Crippen LogP contribution in [-0.2, 0) is 4.79 Å². The van der Waals surface area contributed by atoms with Crippen LogP contribution in [0.5, 0.6) is 0 Å². The molecule has 4 aliphatic rings. The minimum atomic E-state index is -0.488. The molecule has 4 bridgehead atoms. The van der Waals surface area contributed by atoms with Crippen LogP contribution in [0.4, 0.5) is 0 Å². The Hall–Kier alpha value is -0.360. The summed E-state index contributed by atoms with van der Waals surface area (Å²) in [6, 6.07) is 8.80. The molecule has 0 radical (unpaired) electrons. The quantitative estimate of drug-likeness (QED) is 0.498. The lowest BCUT2D eigenvalue weighted by Crippen LogP contribution is -2.53. The molecular formula is C21H31BrN2OS. The van der Waals surface area contributed by atoms with E-state index in [-0.39, 0.29) is 0 Å². The van der Waals surface area contributed by atoms with Gasteiger partial charge in [-0.2, -0.15) is 0 Å². The number of hydrogen-bond donors (Lipinski definition) is 2. The molecule has 0 spiro atoms. The van der Waals surface area contributed by atoms with Gasteiger partial charge in [0.25, 0.3) is 0 Å². The molecule has 26 heavy (non-hydrogen) atoms. The van der Waals surface area contributed by atoms with Crippen LogP contribution in [0.1, 0.15) is 46.0 Å². The van der Waals surface area contributed by atoms with E-state index < -0.39 is 5.54 Å². The number of carbonyl (C=O) groups excluding carboxylic acids is 1. The lowest BCUT2D eigenvalue weighted by Gasteiger charge is -2.54. The van der Waals surface area contributed by atoms with Crippen LogP contribution in [0.2, 0.25) is 0 Å². The van der Waals surface area contributed by atoms with Crippen molar-refractivity contribution in [2.75, 3.05) is 7.05 Å². The SMILES string of the molecule is CC(C)(C=O)NSc1ccc(Br)cc1.CNC1C2CC3CC(C2)CC1C3. The van der Waals surface area contributed by atoms with E-state index in [1.54, 1.807) is 32.1 Å². The number of aldehydes is 1. The van der Waals surface area contributed by atoms with Crippen LogP contribution < -0.4 is 10.0 Å².